The van der Waals surface area contributed by atoms with Crippen LogP contribution in [0.25, 0.3) is 0 Å². The van der Waals surface area contributed by atoms with Crippen molar-refractivity contribution < 1.29 is 19.1 Å². The Kier molecular flexibility index (Phi) is 7.14. The topological polar surface area (TPSA) is 86.4 Å². The van der Waals surface area contributed by atoms with Gasteiger partial charge in [0, 0.05) is 57.4 Å². The number of hydrogen-bond acceptors (Lipinski definition) is 6. The molecule has 0 aliphatic carbocycles. The van der Waals surface area contributed by atoms with Crippen molar-refractivity contribution in [1.29, 1.82) is 0 Å². The van der Waals surface area contributed by atoms with Gasteiger partial charge in [-0.3, -0.25) is 4.79 Å². The van der Waals surface area contributed by atoms with Crippen LogP contribution in [0.5, 0.6) is 11.5 Å². The number of rotatable bonds is 7. The molecule has 4 rings (SSSR count). The highest BCUT2D eigenvalue weighted by atomic mass is 16.6. The van der Waals surface area contributed by atoms with Crippen molar-refractivity contribution in [2.45, 2.75) is 25.8 Å². The highest BCUT2D eigenvalue weighted by Gasteiger charge is 2.32. The summed E-state index contributed by atoms with van der Waals surface area (Å²) in [7, 11) is 0. The lowest BCUT2D eigenvalue weighted by Gasteiger charge is -2.33. The molecule has 31 heavy (non-hydrogen) atoms. The molecular formula is C22H33N5O4. The van der Waals surface area contributed by atoms with Gasteiger partial charge < -0.3 is 34.8 Å². The lowest BCUT2D eigenvalue weighted by atomic mass is 10.2. The Labute approximate surface area is 183 Å². The van der Waals surface area contributed by atoms with Crippen molar-refractivity contribution in [3.63, 3.8) is 0 Å². The minimum absolute atomic E-state index is 0.00630. The Morgan fingerprint density at radius 1 is 1.10 bits per heavy atom. The molecule has 3 aliphatic rings. The van der Waals surface area contributed by atoms with E-state index in [4.69, 9.17) is 9.47 Å². The van der Waals surface area contributed by atoms with E-state index in [1.54, 1.807) is 4.90 Å². The van der Waals surface area contributed by atoms with Crippen LogP contribution in [-0.4, -0.2) is 93.4 Å². The zero-order valence-electron chi connectivity index (χ0n) is 18.3. The van der Waals surface area contributed by atoms with E-state index in [9.17, 15) is 9.59 Å². The molecule has 2 saturated heterocycles. The second-order valence-electron chi connectivity index (χ2n) is 8.26. The molecule has 0 saturated carbocycles. The number of piperazine rings is 1. The van der Waals surface area contributed by atoms with Crippen LogP contribution < -0.4 is 25.0 Å². The third kappa shape index (κ3) is 5.59. The Morgan fingerprint density at radius 3 is 2.61 bits per heavy atom. The third-order valence-corrected chi connectivity index (χ3v) is 6.15. The molecule has 1 aromatic carbocycles. The van der Waals surface area contributed by atoms with Gasteiger partial charge in [-0.2, -0.15) is 0 Å². The number of carbonyl (C=O) groups is 2. The molecule has 1 aromatic rings. The van der Waals surface area contributed by atoms with Crippen LogP contribution in [0.4, 0.5) is 10.5 Å². The van der Waals surface area contributed by atoms with Gasteiger partial charge in [0.1, 0.15) is 13.2 Å². The summed E-state index contributed by atoms with van der Waals surface area (Å²) < 4.78 is 11.1. The highest BCUT2D eigenvalue weighted by Crippen LogP contribution is 2.35. The summed E-state index contributed by atoms with van der Waals surface area (Å²) in [5.74, 6) is 1.35. The van der Waals surface area contributed by atoms with Crippen LogP contribution in [0, 0.1) is 0 Å². The maximum atomic E-state index is 12.5. The maximum Gasteiger partial charge on any atom is 0.315 e. The minimum Gasteiger partial charge on any atom is -0.486 e. The number of ether oxygens (including phenoxy) is 2. The first kappa shape index (κ1) is 21.7. The van der Waals surface area contributed by atoms with Gasteiger partial charge in [0.2, 0.25) is 5.91 Å². The third-order valence-electron chi connectivity index (χ3n) is 6.15. The van der Waals surface area contributed by atoms with Gasteiger partial charge in [-0.25, -0.2) is 4.79 Å². The molecule has 2 fully saturated rings. The van der Waals surface area contributed by atoms with Gasteiger partial charge in [-0.1, -0.05) is 6.92 Å². The lowest BCUT2D eigenvalue weighted by Crippen LogP contribution is -2.47. The monoisotopic (exact) mass is 431 g/mol. The number of hydrogen-bond donors (Lipinski definition) is 2. The summed E-state index contributed by atoms with van der Waals surface area (Å²) in [4.78, 5) is 31.4. The molecule has 3 amide bonds. The van der Waals surface area contributed by atoms with E-state index in [-0.39, 0.29) is 18.0 Å². The molecule has 1 atom stereocenters. The van der Waals surface area contributed by atoms with Crippen LogP contribution in [-0.2, 0) is 4.79 Å². The number of likely N-dealkylation sites (N-methyl/N-ethyl adjacent to an activating group) is 1. The van der Waals surface area contributed by atoms with Crippen molar-refractivity contribution in [3.8, 4) is 11.5 Å². The summed E-state index contributed by atoms with van der Waals surface area (Å²) in [5, 5.41) is 5.86. The van der Waals surface area contributed by atoms with Gasteiger partial charge in [0.05, 0.1) is 6.04 Å². The van der Waals surface area contributed by atoms with E-state index >= 15 is 0 Å². The normalized spacial score (nSPS) is 21.9. The molecule has 3 aliphatic heterocycles. The van der Waals surface area contributed by atoms with Crippen LogP contribution in [0.2, 0.25) is 0 Å². The fraction of sp³-hybridized carbons (Fsp3) is 0.636. The van der Waals surface area contributed by atoms with E-state index < -0.39 is 0 Å². The van der Waals surface area contributed by atoms with Gasteiger partial charge in [-0.05, 0) is 31.6 Å². The Balaban J connectivity index is 1.17. The lowest BCUT2D eigenvalue weighted by molar-refractivity contribution is -0.117. The largest absolute Gasteiger partial charge is 0.486 e. The first-order valence-electron chi connectivity index (χ1n) is 11.3. The van der Waals surface area contributed by atoms with Gasteiger partial charge >= 0.3 is 6.03 Å². The Hall–Kier alpha value is -2.52. The summed E-state index contributed by atoms with van der Waals surface area (Å²) >= 11 is 0. The Morgan fingerprint density at radius 2 is 1.84 bits per heavy atom. The Bertz CT molecular complexity index is 781. The summed E-state index contributed by atoms with van der Waals surface area (Å²) in [6.45, 7) is 10.9. The molecule has 9 nitrogen and oxygen atoms in total. The SMILES string of the molecule is CCN1CCN(CCCNC(=O)N[C@H]2CC(=O)N(c3ccc4c(c3)OCCO4)C2)CC1. The summed E-state index contributed by atoms with van der Waals surface area (Å²) in [6.07, 6.45) is 1.22. The van der Waals surface area contributed by atoms with E-state index in [2.05, 4.69) is 27.4 Å². The average molecular weight is 432 g/mol. The molecule has 2 N–H and O–H groups in total. The number of carbonyl (C=O) groups excluding carboxylic acids is 2. The molecule has 0 unspecified atom stereocenters. The molecule has 0 spiro atoms. The average Bonchev–Trinajstić information content (AvgIpc) is 3.16. The number of nitrogens with zero attached hydrogens (tertiary/aromatic N) is 3. The maximum absolute atomic E-state index is 12.5. The van der Waals surface area contributed by atoms with Crippen LogP contribution in [0.1, 0.15) is 19.8 Å². The van der Waals surface area contributed by atoms with Gasteiger partial charge in [0.15, 0.2) is 11.5 Å². The number of nitrogens with one attached hydrogen (secondary N) is 2. The summed E-state index contributed by atoms with van der Waals surface area (Å²) in [5.41, 5.74) is 0.766. The van der Waals surface area contributed by atoms with E-state index in [0.29, 0.717) is 44.2 Å². The molecule has 0 bridgehead atoms. The first-order chi connectivity index (χ1) is 15.1. The van der Waals surface area contributed by atoms with Gasteiger partial charge in [-0.15, -0.1) is 0 Å². The summed E-state index contributed by atoms with van der Waals surface area (Å²) in [6, 6.07) is 5.09. The zero-order valence-corrected chi connectivity index (χ0v) is 18.3. The standard InChI is InChI=1S/C22H33N5O4/c1-2-25-8-10-26(11-9-25)7-3-6-23-22(29)24-17-14-21(28)27(16-17)18-4-5-19-20(15-18)31-13-12-30-19/h4-5,15,17H,2-3,6-14,16H2,1H3,(H2,23,24,29)/t17-/m0/s1. The first-order valence-corrected chi connectivity index (χ1v) is 11.3. The van der Waals surface area contributed by atoms with Crippen molar-refractivity contribution in [1.82, 2.24) is 20.4 Å². The minimum atomic E-state index is -0.211. The second-order valence-corrected chi connectivity index (χ2v) is 8.26. The van der Waals surface area contributed by atoms with Crippen molar-refractivity contribution in [2.75, 3.05) is 70.5 Å². The fourth-order valence-electron chi connectivity index (χ4n) is 4.32. The molecule has 0 aromatic heterocycles. The van der Waals surface area contributed by atoms with Crippen molar-refractivity contribution >= 4 is 17.6 Å². The molecule has 0 radical (unpaired) electrons. The van der Waals surface area contributed by atoms with E-state index in [0.717, 1.165) is 51.4 Å². The smallest absolute Gasteiger partial charge is 0.315 e. The molecular weight excluding hydrogens is 398 g/mol. The predicted molar refractivity (Wildman–Crippen MR) is 118 cm³/mol. The number of anilines is 1. The van der Waals surface area contributed by atoms with E-state index in [1.165, 1.54) is 0 Å². The van der Waals surface area contributed by atoms with Crippen LogP contribution in [0.15, 0.2) is 18.2 Å². The van der Waals surface area contributed by atoms with Crippen molar-refractivity contribution in [2.24, 2.45) is 0 Å². The highest BCUT2D eigenvalue weighted by molar-refractivity contribution is 5.97. The quantitative estimate of drug-likeness (QED) is 0.624. The fourth-order valence-corrected chi connectivity index (χ4v) is 4.32. The van der Waals surface area contributed by atoms with Crippen LogP contribution in [0.3, 0.4) is 0 Å². The molecule has 3 heterocycles. The number of amides is 3. The zero-order chi connectivity index (χ0) is 21.6. The second kappa shape index (κ2) is 10.2. The molecule has 170 valence electrons. The number of benzene rings is 1. The number of fused-ring (bicyclic) bond motifs is 1. The van der Waals surface area contributed by atoms with Crippen LogP contribution >= 0.6 is 0 Å². The predicted octanol–water partition coefficient (Wildman–Crippen LogP) is 0.890. The number of urea groups is 1. The van der Waals surface area contributed by atoms with Gasteiger partial charge in [0.25, 0.3) is 0 Å². The molecule has 9 heteroatoms. The van der Waals surface area contributed by atoms with E-state index in [1.807, 2.05) is 18.2 Å². The van der Waals surface area contributed by atoms with Crippen molar-refractivity contribution in [3.05, 3.63) is 18.2 Å².